The molecule has 1 fully saturated rings. The molecule has 1 saturated heterocycles. The lowest BCUT2D eigenvalue weighted by molar-refractivity contribution is -0.124. The standard InChI is InChI=1S/C16H24N2O2/c1-16(2,13-4-6-14(20-3)7-5-13)11-18-15(19)12-8-9-17-10-12/h4-7,12,17H,8-11H2,1-3H3,(H,18,19). The van der Waals surface area contributed by atoms with Crippen LogP contribution in [0.5, 0.6) is 5.75 Å². The molecule has 1 heterocycles. The molecule has 0 radical (unpaired) electrons. The number of carbonyl (C=O) groups is 1. The van der Waals surface area contributed by atoms with Crippen molar-refractivity contribution in [3.63, 3.8) is 0 Å². The Kier molecular flexibility index (Phi) is 4.65. The highest BCUT2D eigenvalue weighted by Gasteiger charge is 2.26. The van der Waals surface area contributed by atoms with Crippen molar-refractivity contribution in [2.45, 2.75) is 25.7 Å². The van der Waals surface area contributed by atoms with Crippen LogP contribution in [0.25, 0.3) is 0 Å². The summed E-state index contributed by atoms with van der Waals surface area (Å²) < 4.78 is 5.17. The summed E-state index contributed by atoms with van der Waals surface area (Å²) in [6, 6.07) is 8.03. The predicted molar refractivity (Wildman–Crippen MR) is 80.0 cm³/mol. The van der Waals surface area contributed by atoms with Gasteiger partial charge in [0.25, 0.3) is 0 Å². The highest BCUT2D eigenvalue weighted by atomic mass is 16.5. The van der Waals surface area contributed by atoms with Crippen LogP contribution in [-0.2, 0) is 10.2 Å². The van der Waals surface area contributed by atoms with Crippen molar-refractivity contribution in [2.75, 3.05) is 26.7 Å². The Hall–Kier alpha value is -1.55. The van der Waals surface area contributed by atoms with Crippen LogP contribution < -0.4 is 15.4 Å². The fourth-order valence-electron chi connectivity index (χ4n) is 2.48. The number of carbonyl (C=O) groups excluding carboxylic acids is 1. The normalized spacial score (nSPS) is 18.9. The molecule has 1 aliphatic rings. The van der Waals surface area contributed by atoms with Gasteiger partial charge in [0.1, 0.15) is 5.75 Å². The van der Waals surface area contributed by atoms with Crippen molar-refractivity contribution in [1.82, 2.24) is 10.6 Å². The Balaban J connectivity index is 1.93. The van der Waals surface area contributed by atoms with Gasteiger partial charge in [0, 0.05) is 18.5 Å². The van der Waals surface area contributed by atoms with Gasteiger partial charge in [-0.2, -0.15) is 0 Å². The second-order valence-electron chi connectivity index (χ2n) is 6.02. The molecule has 1 unspecified atom stereocenters. The average molecular weight is 276 g/mol. The Bertz CT molecular complexity index is 448. The molecule has 4 nitrogen and oxygen atoms in total. The zero-order valence-electron chi connectivity index (χ0n) is 12.5. The maximum atomic E-state index is 12.1. The third-order valence-electron chi connectivity index (χ3n) is 4.01. The van der Waals surface area contributed by atoms with E-state index >= 15 is 0 Å². The maximum absolute atomic E-state index is 12.1. The zero-order valence-corrected chi connectivity index (χ0v) is 12.5. The SMILES string of the molecule is COc1ccc(C(C)(C)CNC(=O)C2CCNC2)cc1. The van der Waals surface area contributed by atoms with Gasteiger partial charge in [0.15, 0.2) is 0 Å². The monoisotopic (exact) mass is 276 g/mol. The highest BCUT2D eigenvalue weighted by Crippen LogP contribution is 2.24. The first-order valence-corrected chi connectivity index (χ1v) is 7.16. The number of hydrogen-bond donors (Lipinski definition) is 2. The number of nitrogens with one attached hydrogen (secondary N) is 2. The minimum absolute atomic E-state index is 0.0893. The Morgan fingerprint density at radius 1 is 1.40 bits per heavy atom. The summed E-state index contributed by atoms with van der Waals surface area (Å²) in [6.45, 7) is 6.67. The Morgan fingerprint density at radius 2 is 2.10 bits per heavy atom. The fraction of sp³-hybridized carbons (Fsp3) is 0.562. The van der Waals surface area contributed by atoms with Crippen LogP contribution in [0.3, 0.4) is 0 Å². The van der Waals surface area contributed by atoms with Gasteiger partial charge in [-0.05, 0) is 30.7 Å². The molecule has 0 bridgehead atoms. The fourth-order valence-corrected chi connectivity index (χ4v) is 2.48. The molecule has 20 heavy (non-hydrogen) atoms. The molecule has 1 aromatic carbocycles. The highest BCUT2D eigenvalue weighted by molar-refractivity contribution is 5.79. The zero-order chi connectivity index (χ0) is 14.6. The van der Waals surface area contributed by atoms with E-state index in [-0.39, 0.29) is 17.2 Å². The predicted octanol–water partition coefficient (Wildman–Crippen LogP) is 1.70. The topological polar surface area (TPSA) is 50.4 Å². The minimum atomic E-state index is -0.0893. The van der Waals surface area contributed by atoms with E-state index in [1.165, 1.54) is 5.56 Å². The molecular weight excluding hydrogens is 252 g/mol. The lowest BCUT2D eigenvalue weighted by atomic mass is 9.84. The summed E-state index contributed by atoms with van der Waals surface area (Å²) >= 11 is 0. The van der Waals surface area contributed by atoms with Crippen LogP contribution >= 0.6 is 0 Å². The van der Waals surface area contributed by atoms with E-state index in [4.69, 9.17) is 4.74 Å². The smallest absolute Gasteiger partial charge is 0.224 e. The lowest BCUT2D eigenvalue weighted by Crippen LogP contribution is -2.40. The van der Waals surface area contributed by atoms with Gasteiger partial charge in [-0.25, -0.2) is 0 Å². The van der Waals surface area contributed by atoms with Crippen LogP contribution in [-0.4, -0.2) is 32.7 Å². The van der Waals surface area contributed by atoms with Crippen LogP contribution in [0.2, 0.25) is 0 Å². The molecular formula is C16H24N2O2. The maximum Gasteiger partial charge on any atom is 0.224 e. The molecule has 1 aromatic rings. The first-order valence-electron chi connectivity index (χ1n) is 7.16. The molecule has 4 heteroatoms. The second-order valence-corrected chi connectivity index (χ2v) is 6.02. The van der Waals surface area contributed by atoms with E-state index in [1.807, 2.05) is 12.1 Å². The first kappa shape index (κ1) is 14.9. The number of methoxy groups -OCH3 is 1. The third kappa shape index (κ3) is 3.51. The summed E-state index contributed by atoms with van der Waals surface area (Å²) in [4.78, 5) is 12.1. The number of ether oxygens (including phenoxy) is 1. The van der Waals surface area contributed by atoms with Gasteiger partial charge >= 0.3 is 0 Å². The first-order chi connectivity index (χ1) is 9.53. The molecule has 2 rings (SSSR count). The number of amides is 1. The van der Waals surface area contributed by atoms with Crippen molar-refractivity contribution >= 4 is 5.91 Å². The van der Waals surface area contributed by atoms with E-state index < -0.39 is 0 Å². The second kappa shape index (κ2) is 6.27. The van der Waals surface area contributed by atoms with Gasteiger partial charge < -0.3 is 15.4 Å². The van der Waals surface area contributed by atoms with Crippen LogP contribution in [0.15, 0.2) is 24.3 Å². The van der Waals surface area contributed by atoms with Gasteiger partial charge in [-0.3, -0.25) is 4.79 Å². The molecule has 2 N–H and O–H groups in total. The Labute approximate surface area is 120 Å². The summed E-state index contributed by atoms with van der Waals surface area (Å²) in [5.74, 6) is 1.14. The number of hydrogen-bond acceptors (Lipinski definition) is 3. The molecule has 1 atom stereocenters. The van der Waals surface area contributed by atoms with Crippen molar-refractivity contribution in [3.8, 4) is 5.75 Å². The van der Waals surface area contributed by atoms with Gasteiger partial charge in [0.05, 0.1) is 13.0 Å². The number of benzene rings is 1. The summed E-state index contributed by atoms with van der Waals surface area (Å²) in [6.07, 6.45) is 0.939. The van der Waals surface area contributed by atoms with Gasteiger partial charge in [-0.1, -0.05) is 26.0 Å². The van der Waals surface area contributed by atoms with E-state index in [1.54, 1.807) is 7.11 Å². The molecule has 0 aromatic heterocycles. The Morgan fingerprint density at radius 3 is 2.65 bits per heavy atom. The van der Waals surface area contributed by atoms with Gasteiger partial charge in [-0.15, -0.1) is 0 Å². The van der Waals surface area contributed by atoms with E-state index in [0.29, 0.717) is 6.54 Å². The number of rotatable bonds is 5. The van der Waals surface area contributed by atoms with E-state index in [0.717, 1.165) is 25.3 Å². The van der Waals surface area contributed by atoms with Crippen molar-refractivity contribution in [2.24, 2.45) is 5.92 Å². The molecule has 0 saturated carbocycles. The molecule has 0 aliphatic carbocycles. The average Bonchev–Trinajstić information content (AvgIpc) is 2.99. The lowest BCUT2D eigenvalue weighted by Gasteiger charge is -2.26. The molecule has 1 amide bonds. The minimum Gasteiger partial charge on any atom is -0.497 e. The van der Waals surface area contributed by atoms with Crippen LogP contribution in [0, 0.1) is 5.92 Å². The molecule has 1 aliphatic heterocycles. The summed E-state index contributed by atoms with van der Waals surface area (Å²) in [5.41, 5.74) is 1.11. The van der Waals surface area contributed by atoms with Crippen molar-refractivity contribution in [3.05, 3.63) is 29.8 Å². The summed E-state index contributed by atoms with van der Waals surface area (Å²) in [5, 5.41) is 6.30. The van der Waals surface area contributed by atoms with Gasteiger partial charge in [0.2, 0.25) is 5.91 Å². The molecule has 110 valence electrons. The largest absolute Gasteiger partial charge is 0.497 e. The summed E-state index contributed by atoms with van der Waals surface area (Å²) in [7, 11) is 1.66. The quantitative estimate of drug-likeness (QED) is 0.860. The van der Waals surface area contributed by atoms with E-state index in [2.05, 4.69) is 36.6 Å². The van der Waals surface area contributed by atoms with Crippen LogP contribution in [0.4, 0.5) is 0 Å². The van der Waals surface area contributed by atoms with Crippen LogP contribution in [0.1, 0.15) is 25.8 Å². The van der Waals surface area contributed by atoms with Crippen molar-refractivity contribution in [1.29, 1.82) is 0 Å². The molecule has 0 spiro atoms. The third-order valence-corrected chi connectivity index (χ3v) is 4.01. The van der Waals surface area contributed by atoms with Crippen molar-refractivity contribution < 1.29 is 9.53 Å². The van der Waals surface area contributed by atoms with E-state index in [9.17, 15) is 4.79 Å².